The predicted molar refractivity (Wildman–Crippen MR) is 103 cm³/mol. The average molecular weight is 344 g/mol. The smallest absolute Gasteiger partial charge is 0.259 e. The number of carbonyl (C=O) groups excluding carboxylic acids is 1. The molecule has 0 saturated carbocycles. The molecular weight excluding hydrogens is 324 g/mol. The molecule has 0 atom stereocenters. The van der Waals surface area contributed by atoms with Gasteiger partial charge in [0.15, 0.2) is 0 Å². The van der Waals surface area contributed by atoms with E-state index in [2.05, 4.69) is 12.1 Å². The van der Waals surface area contributed by atoms with E-state index in [0.29, 0.717) is 18.7 Å². The van der Waals surface area contributed by atoms with Gasteiger partial charge in [0.1, 0.15) is 0 Å². The highest BCUT2D eigenvalue weighted by Crippen LogP contribution is 2.28. The summed E-state index contributed by atoms with van der Waals surface area (Å²) in [5.74, 6) is -0.0621. The summed E-state index contributed by atoms with van der Waals surface area (Å²) in [7, 11) is 0. The number of anilines is 1. The van der Waals surface area contributed by atoms with Gasteiger partial charge < -0.3 is 9.47 Å². The monoisotopic (exact) mass is 344 g/mol. The molecule has 1 amide bonds. The summed E-state index contributed by atoms with van der Waals surface area (Å²) in [6, 6.07) is 19.1. The fourth-order valence-electron chi connectivity index (χ4n) is 3.49. The second-order valence-corrected chi connectivity index (χ2v) is 6.71. The van der Waals surface area contributed by atoms with Crippen LogP contribution in [0, 0.1) is 6.92 Å². The quantitative estimate of drug-likeness (QED) is 0.731. The van der Waals surface area contributed by atoms with Gasteiger partial charge in [0.2, 0.25) is 0 Å². The van der Waals surface area contributed by atoms with Gasteiger partial charge in [-0.25, -0.2) is 0 Å². The molecule has 1 aliphatic rings. The molecule has 0 radical (unpaired) electrons. The van der Waals surface area contributed by atoms with Crippen LogP contribution in [0.4, 0.5) is 5.69 Å². The number of hydrogen-bond donors (Lipinski definition) is 0. The van der Waals surface area contributed by atoms with Crippen LogP contribution in [0.25, 0.3) is 0 Å². The fourth-order valence-corrected chi connectivity index (χ4v) is 3.49. The lowest BCUT2D eigenvalue weighted by atomic mass is 10.1. The molecule has 0 N–H and O–H groups in total. The average Bonchev–Trinajstić information content (AvgIpc) is 3.07. The minimum absolute atomic E-state index is 0.0621. The first-order chi connectivity index (χ1) is 12.6. The number of aryl methyl sites for hydroxylation is 1. The van der Waals surface area contributed by atoms with Crippen molar-refractivity contribution in [3.8, 4) is 0 Å². The van der Waals surface area contributed by atoms with Crippen LogP contribution >= 0.6 is 0 Å². The number of hydrogen-bond acceptors (Lipinski definition) is 2. The molecule has 0 saturated heterocycles. The van der Waals surface area contributed by atoms with E-state index in [1.54, 1.807) is 21.7 Å². The number of pyridine rings is 1. The second-order valence-electron chi connectivity index (χ2n) is 6.71. The third-order valence-electron chi connectivity index (χ3n) is 4.80. The topological polar surface area (TPSA) is 42.3 Å². The zero-order chi connectivity index (χ0) is 18.1. The van der Waals surface area contributed by atoms with Crippen LogP contribution in [0.1, 0.15) is 27.0 Å². The van der Waals surface area contributed by atoms with Gasteiger partial charge in [-0.05, 0) is 36.6 Å². The van der Waals surface area contributed by atoms with Gasteiger partial charge in [-0.2, -0.15) is 0 Å². The van der Waals surface area contributed by atoms with Crippen molar-refractivity contribution in [2.75, 3.05) is 11.4 Å². The van der Waals surface area contributed by atoms with Crippen molar-refractivity contribution in [3.63, 3.8) is 0 Å². The van der Waals surface area contributed by atoms with E-state index in [1.165, 1.54) is 11.6 Å². The largest absolute Gasteiger partial charge is 0.310 e. The molecule has 1 aliphatic heterocycles. The summed E-state index contributed by atoms with van der Waals surface area (Å²) >= 11 is 0. The maximum absolute atomic E-state index is 13.0. The first-order valence-corrected chi connectivity index (χ1v) is 8.77. The van der Waals surface area contributed by atoms with E-state index in [4.69, 9.17) is 0 Å². The molecule has 130 valence electrons. The molecule has 2 heterocycles. The van der Waals surface area contributed by atoms with Crippen molar-refractivity contribution >= 4 is 11.6 Å². The van der Waals surface area contributed by atoms with E-state index in [-0.39, 0.29) is 11.5 Å². The summed E-state index contributed by atoms with van der Waals surface area (Å²) in [6.45, 7) is 3.16. The molecule has 4 rings (SSSR count). The Hall–Kier alpha value is -3.14. The number of nitrogens with zero attached hydrogens (tertiary/aromatic N) is 2. The summed E-state index contributed by atoms with van der Waals surface area (Å²) in [5.41, 5.74) is 4.78. The summed E-state index contributed by atoms with van der Waals surface area (Å²) < 4.78 is 1.60. The van der Waals surface area contributed by atoms with Gasteiger partial charge in [0.05, 0.1) is 12.1 Å². The standard InChI is InChI=1S/C22H20N2O2/c1-16-5-4-6-17(13-16)14-23-15-19(9-10-21(23)25)22(26)24-12-11-18-7-2-3-8-20(18)24/h2-10,13,15H,11-12,14H2,1H3. The molecule has 4 nitrogen and oxygen atoms in total. The highest BCUT2D eigenvalue weighted by molar-refractivity contribution is 6.07. The Bertz CT molecular complexity index is 1040. The third kappa shape index (κ3) is 3.06. The number of aromatic nitrogens is 1. The molecule has 4 heteroatoms. The van der Waals surface area contributed by atoms with Crippen molar-refractivity contribution in [3.05, 3.63) is 99.5 Å². The minimum atomic E-state index is -0.107. The summed E-state index contributed by atoms with van der Waals surface area (Å²) in [4.78, 5) is 27.0. The number of rotatable bonds is 3. The summed E-state index contributed by atoms with van der Waals surface area (Å²) in [6.07, 6.45) is 2.54. The first kappa shape index (κ1) is 16.3. The molecule has 2 aromatic carbocycles. The second kappa shape index (κ2) is 6.64. The van der Waals surface area contributed by atoms with Crippen molar-refractivity contribution < 1.29 is 4.79 Å². The van der Waals surface area contributed by atoms with Crippen molar-refractivity contribution in [2.24, 2.45) is 0 Å². The van der Waals surface area contributed by atoms with Crippen LogP contribution in [0.5, 0.6) is 0 Å². The number of fused-ring (bicyclic) bond motifs is 1. The Kier molecular flexibility index (Phi) is 4.17. The molecule has 0 fully saturated rings. The van der Waals surface area contributed by atoms with Crippen LogP contribution in [-0.2, 0) is 13.0 Å². The lowest BCUT2D eigenvalue weighted by Crippen LogP contribution is -2.30. The van der Waals surface area contributed by atoms with Crippen LogP contribution in [0.15, 0.2) is 71.7 Å². The molecule has 26 heavy (non-hydrogen) atoms. The SMILES string of the molecule is Cc1cccc(Cn2cc(C(=O)N3CCc4ccccc43)ccc2=O)c1. The van der Waals surface area contributed by atoms with E-state index in [1.807, 2.05) is 43.3 Å². The number of benzene rings is 2. The van der Waals surface area contributed by atoms with Crippen LogP contribution < -0.4 is 10.5 Å². The molecule has 1 aromatic heterocycles. The van der Waals surface area contributed by atoms with Crippen molar-refractivity contribution in [2.45, 2.75) is 19.9 Å². The Labute approximate surface area is 152 Å². The molecule has 0 aliphatic carbocycles. The lowest BCUT2D eigenvalue weighted by molar-refractivity contribution is 0.0988. The Morgan fingerprint density at radius 3 is 2.73 bits per heavy atom. The Morgan fingerprint density at radius 2 is 1.88 bits per heavy atom. The highest BCUT2D eigenvalue weighted by atomic mass is 16.2. The van der Waals surface area contributed by atoms with Crippen LogP contribution in [0.3, 0.4) is 0 Å². The van der Waals surface area contributed by atoms with Crippen molar-refractivity contribution in [1.82, 2.24) is 4.57 Å². The lowest BCUT2D eigenvalue weighted by Gasteiger charge is -2.18. The molecule has 0 spiro atoms. The maximum Gasteiger partial charge on any atom is 0.259 e. The van der Waals surface area contributed by atoms with Crippen molar-refractivity contribution in [1.29, 1.82) is 0 Å². The van der Waals surface area contributed by atoms with Gasteiger partial charge in [-0.15, -0.1) is 0 Å². The van der Waals surface area contributed by atoms with E-state index < -0.39 is 0 Å². The Morgan fingerprint density at radius 1 is 1.04 bits per heavy atom. The van der Waals surface area contributed by atoms with Gasteiger partial charge in [0.25, 0.3) is 11.5 Å². The zero-order valence-corrected chi connectivity index (χ0v) is 14.7. The van der Waals surface area contributed by atoms with E-state index in [9.17, 15) is 9.59 Å². The fraction of sp³-hybridized carbons (Fsp3) is 0.182. The highest BCUT2D eigenvalue weighted by Gasteiger charge is 2.25. The van der Waals surface area contributed by atoms with Gasteiger partial charge in [-0.1, -0.05) is 48.0 Å². The molecular formula is C22H20N2O2. The molecule has 0 unspecified atom stereocenters. The first-order valence-electron chi connectivity index (χ1n) is 8.77. The number of amides is 1. The number of carbonyl (C=O) groups is 1. The minimum Gasteiger partial charge on any atom is -0.310 e. The molecule has 0 bridgehead atoms. The van der Waals surface area contributed by atoms with Crippen LogP contribution in [-0.4, -0.2) is 17.0 Å². The van der Waals surface area contributed by atoms with Crippen LogP contribution in [0.2, 0.25) is 0 Å². The maximum atomic E-state index is 13.0. The third-order valence-corrected chi connectivity index (χ3v) is 4.80. The van der Waals surface area contributed by atoms with E-state index in [0.717, 1.165) is 23.2 Å². The molecule has 3 aromatic rings. The summed E-state index contributed by atoms with van der Waals surface area (Å²) in [5, 5.41) is 0. The predicted octanol–water partition coefficient (Wildman–Crippen LogP) is 3.41. The Balaban J connectivity index is 1.64. The normalized spacial score (nSPS) is 12.9. The zero-order valence-electron chi connectivity index (χ0n) is 14.7. The van der Waals surface area contributed by atoms with E-state index >= 15 is 0 Å². The van der Waals surface area contributed by atoms with Gasteiger partial charge >= 0.3 is 0 Å². The van der Waals surface area contributed by atoms with Gasteiger partial charge in [-0.3, -0.25) is 9.59 Å². The number of para-hydroxylation sites is 1. The van der Waals surface area contributed by atoms with Gasteiger partial charge in [0, 0.05) is 24.5 Å².